The Morgan fingerprint density at radius 1 is 1.00 bits per heavy atom. The van der Waals surface area contributed by atoms with Crippen molar-refractivity contribution in [3.63, 3.8) is 0 Å². The van der Waals surface area contributed by atoms with E-state index in [2.05, 4.69) is 26.1 Å². The topological polar surface area (TPSA) is 39.7 Å². The summed E-state index contributed by atoms with van der Waals surface area (Å²) < 4.78 is 17.9. The molecule has 0 saturated heterocycles. The van der Waals surface area contributed by atoms with Gasteiger partial charge in [-0.25, -0.2) is 0 Å². The first-order valence-corrected chi connectivity index (χ1v) is 8.55. The average molecular weight is 263 g/mol. The van der Waals surface area contributed by atoms with Crippen LogP contribution in [0.25, 0.3) is 0 Å². The number of hydrogen-bond acceptors (Lipinski definition) is 4. The predicted octanol–water partition coefficient (Wildman–Crippen LogP) is 2.77. The van der Waals surface area contributed by atoms with Crippen molar-refractivity contribution in [2.75, 3.05) is 19.8 Å². The molecule has 0 amide bonds. The van der Waals surface area contributed by atoms with Crippen LogP contribution in [0.4, 0.5) is 0 Å². The molecule has 0 rings (SSSR count). The third-order valence-electron chi connectivity index (χ3n) is 2.74. The lowest BCUT2D eigenvalue weighted by atomic mass is 10.4. The predicted molar refractivity (Wildman–Crippen MR) is 72.9 cm³/mol. The summed E-state index contributed by atoms with van der Waals surface area (Å²) in [4.78, 5) is 0. The van der Waals surface area contributed by atoms with Gasteiger partial charge in [0.05, 0.1) is 6.23 Å². The van der Waals surface area contributed by atoms with Crippen molar-refractivity contribution in [1.82, 2.24) is 5.32 Å². The van der Waals surface area contributed by atoms with E-state index in [1.165, 1.54) is 0 Å². The molecule has 0 aromatic rings. The minimum atomic E-state index is -2.56. The summed E-state index contributed by atoms with van der Waals surface area (Å²) in [6, 6.07) is 0. The minimum Gasteiger partial charge on any atom is -0.374 e. The third-order valence-corrected chi connectivity index (χ3v) is 6.42. The van der Waals surface area contributed by atoms with Crippen LogP contribution in [0.2, 0.25) is 5.54 Å². The molecular weight excluding hydrogens is 234 g/mol. The summed E-state index contributed by atoms with van der Waals surface area (Å²) in [5.74, 6) is 0. The lowest BCUT2D eigenvalue weighted by Crippen LogP contribution is -2.53. The molecular formula is C12H29NO3Si. The molecule has 1 N–H and O–H groups in total. The summed E-state index contributed by atoms with van der Waals surface area (Å²) >= 11 is 0. The standard InChI is InChI=1S/C12H29NO3Si/c1-7-11(5)17(14-9-3,15-10-4)16-12(6)13-8-2/h11-13H,7-10H2,1-6H3. The van der Waals surface area contributed by atoms with Crippen molar-refractivity contribution in [3.8, 4) is 0 Å². The van der Waals surface area contributed by atoms with E-state index in [0.29, 0.717) is 18.8 Å². The van der Waals surface area contributed by atoms with Crippen LogP contribution in [0.15, 0.2) is 0 Å². The van der Waals surface area contributed by atoms with Gasteiger partial charge in [0, 0.05) is 18.8 Å². The second-order valence-electron chi connectivity index (χ2n) is 4.10. The maximum absolute atomic E-state index is 6.10. The Labute approximate surface area is 107 Å². The first-order valence-electron chi connectivity index (χ1n) is 6.75. The van der Waals surface area contributed by atoms with Gasteiger partial charge in [-0.05, 0) is 33.7 Å². The minimum absolute atomic E-state index is 0.0289. The smallest absolute Gasteiger partial charge is 0.374 e. The van der Waals surface area contributed by atoms with Gasteiger partial charge in [0.25, 0.3) is 0 Å². The highest BCUT2D eigenvalue weighted by atomic mass is 28.4. The van der Waals surface area contributed by atoms with Gasteiger partial charge in [-0.15, -0.1) is 0 Å². The maximum Gasteiger partial charge on any atom is 0.505 e. The van der Waals surface area contributed by atoms with Crippen molar-refractivity contribution in [2.24, 2.45) is 0 Å². The normalized spacial score (nSPS) is 15.9. The zero-order chi connectivity index (χ0) is 13.3. The zero-order valence-electron chi connectivity index (χ0n) is 12.2. The van der Waals surface area contributed by atoms with Gasteiger partial charge in [0.2, 0.25) is 0 Å². The highest BCUT2D eigenvalue weighted by Gasteiger charge is 2.47. The summed E-state index contributed by atoms with van der Waals surface area (Å²) in [5, 5.41) is 3.25. The fourth-order valence-electron chi connectivity index (χ4n) is 1.74. The van der Waals surface area contributed by atoms with Gasteiger partial charge < -0.3 is 13.3 Å². The Bertz CT molecular complexity index is 187. The van der Waals surface area contributed by atoms with Crippen LogP contribution < -0.4 is 5.32 Å². The fraction of sp³-hybridized carbons (Fsp3) is 1.00. The van der Waals surface area contributed by atoms with E-state index in [-0.39, 0.29) is 6.23 Å². The van der Waals surface area contributed by atoms with Crippen molar-refractivity contribution in [1.29, 1.82) is 0 Å². The van der Waals surface area contributed by atoms with Gasteiger partial charge in [0.15, 0.2) is 0 Å². The Kier molecular flexibility index (Phi) is 9.08. The molecule has 0 bridgehead atoms. The average Bonchev–Trinajstić information content (AvgIpc) is 2.28. The summed E-state index contributed by atoms with van der Waals surface area (Å²) in [6.45, 7) is 14.5. The summed E-state index contributed by atoms with van der Waals surface area (Å²) in [5.41, 5.74) is 0.323. The van der Waals surface area contributed by atoms with Crippen LogP contribution in [0.3, 0.4) is 0 Å². The second-order valence-corrected chi connectivity index (χ2v) is 7.10. The zero-order valence-corrected chi connectivity index (χ0v) is 13.2. The molecule has 0 spiro atoms. The van der Waals surface area contributed by atoms with E-state index in [1.807, 2.05) is 20.8 Å². The highest BCUT2D eigenvalue weighted by molar-refractivity contribution is 6.62. The molecule has 104 valence electrons. The Balaban J connectivity index is 4.75. The van der Waals surface area contributed by atoms with E-state index in [9.17, 15) is 0 Å². The first kappa shape index (κ1) is 17.1. The maximum atomic E-state index is 6.10. The molecule has 0 fully saturated rings. The Morgan fingerprint density at radius 2 is 1.53 bits per heavy atom. The lowest BCUT2D eigenvalue weighted by molar-refractivity contribution is 0.0197. The number of nitrogens with one attached hydrogen (secondary N) is 1. The molecule has 0 aromatic carbocycles. The van der Waals surface area contributed by atoms with Crippen LogP contribution in [0, 0.1) is 0 Å². The van der Waals surface area contributed by atoms with E-state index < -0.39 is 8.80 Å². The molecule has 0 aliphatic heterocycles. The molecule has 2 atom stereocenters. The van der Waals surface area contributed by atoms with Crippen LogP contribution in [-0.4, -0.2) is 34.8 Å². The number of rotatable bonds is 10. The molecule has 0 saturated carbocycles. The fourth-order valence-corrected chi connectivity index (χ4v) is 4.64. The second kappa shape index (κ2) is 9.05. The van der Waals surface area contributed by atoms with Crippen molar-refractivity contribution in [2.45, 2.75) is 59.7 Å². The van der Waals surface area contributed by atoms with Crippen LogP contribution >= 0.6 is 0 Å². The van der Waals surface area contributed by atoms with E-state index in [0.717, 1.165) is 13.0 Å². The van der Waals surface area contributed by atoms with Gasteiger partial charge in [0.1, 0.15) is 0 Å². The molecule has 5 heteroatoms. The van der Waals surface area contributed by atoms with Crippen LogP contribution in [0.1, 0.15) is 48.0 Å². The first-order chi connectivity index (χ1) is 8.06. The molecule has 0 heterocycles. The summed E-state index contributed by atoms with van der Waals surface area (Å²) in [6.07, 6.45) is 0.976. The molecule has 17 heavy (non-hydrogen) atoms. The van der Waals surface area contributed by atoms with Gasteiger partial charge in [-0.3, -0.25) is 5.32 Å². The van der Waals surface area contributed by atoms with Crippen LogP contribution in [-0.2, 0) is 13.3 Å². The van der Waals surface area contributed by atoms with Crippen LogP contribution in [0.5, 0.6) is 0 Å². The largest absolute Gasteiger partial charge is 0.505 e. The molecule has 0 aliphatic carbocycles. The molecule has 0 aliphatic rings. The van der Waals surface area contributed by atoms with E-state index in [1.54, 1.807) is 0 Å². The third kappa shape index (κ3) is 5.48. The monoisotopic (exact) mass is 263 g/mol. The number of hydrogen-bond donors (Lipinski definition) is 1. The van der Waals surface area contributed by atoms with E-state index in [4.69, 9.17) is 13.3 Å². The molecule has 2 unspecified atom stereocenters. The van der Waals surface area contributed by atoms with Crippen molar-refractivity contribution in [3.05, 3.63) is 0 Å². The molecule has 0 radical (unpaired) electrons. The van der Waals surface area contributed by atoms with Gasteiger partial charge in [-0.1, -0.05) is 20.8 Å². The Morgan fingerprint density at radius 3 is 1.88 bits per heavy atom. The van der Waals surface area contributed by atoms with E-state index >= 15 is 0 Å². The highest BCUT2D eigenvalue weighted by Crippen LogP contribution is 2.29. The quantitative estimate of drug-likeness (QED) is 0.486. The van der Waals surface area contributed by atoms with Crippen molar-refractivity contribution < 1.29 is 13.3 Å². The summed E-state index contributed by atoms with van der Waals surface area (Å²) in [7, 11) is -2.56. The van der Waals surface area contributed by atoms with Gasteiger partial charge in [-0.2, -0.15) is 0 Å². The lowest BCUT2D eigenvalue weighted by Gasteiger charge is -2.35. The van der Waals surface area contributed by atoms with Gasteiger partial charge >= 0.3 is 8.80 Å². The van der Waals surface area contributed by atoms with Crippen molar-refractivity contribution >= 4 is 8.80 Å². The SMILES string of the molecule is CCNC(C)O[Si](OCC)(OCC)C(C)CC. The molecule has 0 aromatic heterocycles. The molecule has 4 nitrogen and oxygen atoms in total. The Hall–Kier alpha value is 0.0569.